The van der Waals surface area contributed by atoms with Crippen LogP contribution in [0.1, 0.15) is 10.5 Å². The molecule has 1 fully saturated rings. The first-order valence-corrected chi connectivity index (χ1v) is 9.81. The zero-order chi connectivity index (χ0) is 18.8. The van der Waals surface area contributed by atoms with Crippen LogP contribution in [0.15, 0.2) is 35.8 Å². The summed E-state index contributed by atoms with van der Waals surface area (Å²) >= 11 is 1.47. The molecule has 0 saturated carbocycles. The van der Waals surface area contributed by atoms with E-state index in [1.165, 1.54) is 11.3 Å². The molecule has 3 heterocycles. The summed E-state index contributed by atoms with van der Waals surface area (Å²) in [4.78, 5) is 22.5. The lowest BCUT2D eigenvalue weighted by Crippen LogP contribution is -2.49. The van der Waals surface area contributed by atoms with E-state index in [9.17, 15) is 4.79 Å². The summed E-state index contributed by atoms with van der Waals surface area (Å²) in [5.41, 5.74) is 2.43. The van der Waals surface area contributed by atoms with Gasteiger partial charge in [-0.15, -0.1) is 11.3 Å². The van der Waals surface area contributed by atoms with E-state index in [-0.39, 0.29) is 12.5 Å². The van der Waals surface area contributed by atoms with Crippen molar-refractivity contribution in [2.24, 2.45) is 0 Å². The van der Waals surface area contributed by atoms with Crippen LogP contribution in [-0.2, 0) is 0 Å². The quantitative estimate of drug-likeness (QED) is 0.724. The van der Waals surface area contributed by atoms with Gasteiger partial charge in [-0.1, -0.05) is 12.1 Å². The summed E-state index contributed by atoms with van der Waals surface area (Å²) in [6.45, 7) is 3.75. The fraction of sp³-hybridized carbons (Fsp3) is 0.368. The molecule has 27 heavy (non-hydrogen) atoms. The Hall–Kier alpha value is -2.42. The predicted molar refractivity (Wildman–Crippen MR) is 104 cm³/mol. The van der Waals surface area contributed by atoms with Gasteiger partial charge in [0, 0.05) is 49.9 Å². The number of carbonyl (C=O) groups excluding carboxylic acids is 1. The van der Waals surface area contributed by atoms with E-state index >= 15 is 0 Å². The number of benzene rings is 1. The molecule has 1 N–H and O–H groups in total. The molecule has 2 aromatic heterocycles. The second-order valence-corrected chi connectivity index (χ2v) is 7.33. The smallest absolute Gasteiger partial charge is 0.271 e. The average molecular weight is 386 g/mol. The summed E-state index contributed by atoms with van der Waals surface area (Å²) in [5.74, 6) is 0.806. The Labute approximate surface area is 161 Å². The highest BCUT2D eigenvalue weighted by Gasteiger charge is 2.24. The Kier molecular flexibility index (Phi) is 5.11. The molecule has 1 aliphatic heterocycles. The standard InChI is InChI=1S/C19H22N4O3S/c1-26-15-4-2-3-14(11-15)16-12-23-17(13-27-19(23)20-16)18(25)22-7-5-21(6-8-22)9-10-24/h2-4,11-13,24H,5-10H2,1H3. The van der Waals surface area contributed by atoms with E-state index in [2.05, 4.69) is 9.88 Å². The van der Waals surface area contributed by atoms with E-state index < -0.39 is 0 Å². The van der Waals surface area contributed by atoms with E-state index in [1.54, 1.807) is 7.11 Å². The zero-order valence-electron chi connectivity index (χ0n) is 15.2. The molecule has 0 aliphatic carbocycles. The summed E-state index contributed by atoms with van der Waals surface area (Å²) < 4.78 is 7.16. The fourth-order valence-electron chi connectivity index (χ4n) is 3.34. The Balaban J connectivity index is 1.56. The number of piperazine rings is 1. The van der Waals surface area contributed by atoms with Crippen molar-refractivity contribution in [2.45, 2.75) is 0 Å². The van der Waals surface area contributed by atoms with Gasteiger partial charge in [0.2, 0.25) is 0 Å². The number of thiazole rings is 1. The molecule has 3 aromatic rings. The molecule has 0 atom stereocenters. The van der Waals surface area contributed by atoms with E-state index in [0.717, 1.165) is 35.1 Å². The highest BCUT2D eigenvalue weighted by atomic mass is 32.1. The highest BCUT2D eigenvalue weighted by Crippen LogP contribution is 2.27. The first kappa shape index (κ1) is 18.0. The molecule has 7 nitrogen and oxygen atoms in total. The number of imidazole rings is 1. The van der Waals surface area contributed by atoms with Crippen molar-refractivity contribution in [3.8, 4) is 17.0 Å². The molecule has 1 aromatic carbocycles. The lowest BCUT2D eigenvalue weighted by atomic mass is 10.1. The van der Waals surface area contributed by atoms with Gasteiger partial charge in [-0.3, -0.25) is 14.1 Å². The average Bonchev–Trinajstić information content (AvgIpc) is 3.29. The number of nitrogens with zero attached hydrogens (tertiary/aromatic N) is 4. The number of rotatable bonds is 5. The lowest BCUT2D eigenvalue weighted by molar-refractivity contribution is 0.0608. The van der Waals surface area contributed by atoms with Crippen molar-refractivity contribution in [1.82, 2.24) is 19.2 Å². The van der Waals surface area contributed by atoms with Crippen LogP contribution < -0.4 is 4.74 Å². The normalized spacial score (nSPS) is 15.4. The minimum absolute atomic E-state index is 0.0273. The number of methoxy groups -OCH3 is 1. The minimum Gasteiger partial charge on any atom is -0.497 e. The number of fused-ring (bicyclic) bond motifs is 1. The van der Waals surface area contributed by atoms with Crippen LogP contribution in [-0.4, -0.2) is 76.6 Å². The molecule has 1 saturated heterocycles. The molecular weight excluding hydrogens is 364 g/mol. The maximum atomic E-state index is 13.0. The van der Waals surface area contributed by atoms with Crippen LogP contribution in [0.2, 0.25) is 0 Å². The van der Waals surface area contributed by atoms with Crippen molar-refractivity contribution in [3.63, 3.8) is 0 Å². The Morgan fingerprint density at radius 2 is 2.11 bits per heavy atom. The van der Waals surface area contributed by atoms with Gasteiger partial charge in [0.25, 0.3) is 5.91 Å². The molecule has 0 spiro atoms. The van der Waals surface area contributed by atoms with Crippen LogP contribution in [0.5, 0.6) is 5.75 Å². The third kappa shape index (κ3) is 3.55. The fourth-order valence-corrected chi connectivity index (χ4v) is 4.18. The van der Waals surface area contributed by atoms with Gasteiger partial charge in [0.15, 0.2) is 4.96 Å². The zero-order valence-corrected chi connectivity index (χ0v) is 16.0. The number of hydrogen-bond donors (Lipinski definition) is 1. The lowest BCUT2D eigenvalue weighted by Gasteiger charge is -2.34. The molecule has 1 amide bonds. The first-order chi connectivity index (χ1) is 13.2. The SMILES string of the molecule is COc1cccc(-c2cn3c(C(=O)N4CCN(CCO)CC4)csc3n2)c1. The van der Waals surface area contributed by atoms with Crippen molar-refractivity contribution < 1.29 is 14.6 Å². The van der Waals surface area contributed by atoms with Gasteiger partial charge in [-0.25, -0.2) is 4.98 Å². The number of aliphatic hydroxyl groups is 1. The third-order valence-corrected chi connectivity index (χ3v) is 5.71. The molecule has 142 valence electrons. The number of hydrogen-bond acceptors (Lipinski definition) is 6. The van der Waals surface area contributed by atoms with E-state index in [0.29, 0.717) is 25.3 Å². The molecular formula is C19H22N4O3S. The maximum Gasteiger partial charge on any atom is 0.271 e. The predicted octanol–water partition coefficient (Wildman–Crippen LogP) is 1.82. The van der Waals surface area contributed by atoms with Gasteiger partial charge in [-0.2, -0.15) is 0 Å². The number of β-amino-alcohol motifs (C(OH)–C–C–N with tert-alkyl or cyclic N) is 1. The van der Waals surface area contributed by atoms with Crippen LogP contribution in [0.3, 0.4) is 0 Å². The van der Waals surface area contributed by atoms with Crippen molar-refractivity contribution in [3.05, 3.63) is 41.5 Å². The van der Waals surface area contributed by atoms with Gasteiger partial charge in [-0.05, 0) is 12.1 Å². The van der Waals surface area contributed by atoms with Gasteiger partial charge >= 0.3 is 0 Å². The Morgan fingerprint density at radius 1 is 1.30 bits per heavy atom. The number of ether oxygens (including phenoxy) is 1. The number of carbonyl (C=O) groups is 1. The Bertz CT molecular complexity index is 943. The first-order valence-electron chi connectivity index (χ1n) is 8.93. The number of aliphatic hydroxyl groups excluding tert-OH is 1. The van der Waals surface area contributed by atoms with E-state index in [1.807, 2.05) is 45.1 Å². The topological polar surface area (TPSA) is 70.3 Å². The second kappa shape index (κ2) is 7.67. The van der Waals surface area contributed by atoms with Crippen LogP contribution in [0.25, 0.3) is 16.2 Å². The Morgan fingerprint density at radius 3 is 2.85 bits per heavy atom. The van der Waals surface area contributed by atoms with Gasteiger partial charge in [0.1, 0.15) is 11.4 Å². The maximum absolute atomic E-state index is 13.0. The van der Waals surface area contributed by atoms with Crippen LogP contribution in [0.4, 0.5) is 0 Å². The minimum atomic E-state index is 0.0273. The van der Waals surface area contributed by atoms with Crippen LogP contribution >= 0.6 is 11.3 Å². The third-order valence-electron chi connectivity index (χ3n) is 4.87. The molecule has 8 heteroatoms. The molecule has 1 aliphatic rings. The highest BCUT2D eigenvalue weighted by molar-refractivity contribution is 7.15. The molecule has 0 radical (unpaired) electrons. The number of amides is 1. The molecule has 0 bridgehead atoms. The van der Waals surface area contributed by atoms with Crippen molar-refractivity contribution in [2.75, 3.05) is 46.4 Å². The molecule has 0 unspecified atom stereocenters. The largest absolute Gasteiger partial charge is 0.497 e. The van der Waals surface area contributed by atoms with E-state index in [4.69, 9.17) is 9.84 Å². The van der Waals surface area contributed by atoms with Crippen molar-refractivity contribution in [1.29, 1.82) is 0 Å². The summed E-state index contributed by atoms with van der Waals surface area (Å²) in [7, 11) is 1.64. The van der Waals surface area contributed by atoms with Crippen molar-refractivity contribution >= 4 is 22.2 Å². The van der Waals surface area contributed by atoms with Crippen LogP contribution in [0, 0.1) is 0 Å². The summed E-state index contributed by atoms with van der Waals surface area (Å²) in [6.07, 6.45) is 1.91. The molecule has 4 rings (SSSR count). The summed E-state index contributed by atoms with van der Waals surface area (Å²) in [5, 5.41) is 10.9. The number of aromatic nitrogens is 2. The van der Waals surface area contributed by atoms with Gasteiger partial charge < -0.3 is 14.7 Å². The monoisotopic (exact) mass is 386 g/mol. The summed E-state index contributed by atoms with van der Waals surface area (Å²) in [6, 6.07) is 7.75. The second-order valence-electron chi connectivity index (χ2n) is 6.49. The van der Waals surface area contributed by atoms with Gasteiger partial charge in [0.05, 0.1) is 19.4 Å².